The lowest BCUT2D eigenvalue weighted by molar-refractivity contribution is 0.773. The third-order valence-corrected chi connectivity index (χ3v) is 3.95. The van der Waals surface area contributed by atoms with Gasteiger partial charge in [0, 0.05) is 23.0 Å². The summed E-state index contributed by atoms with van der Waals surface area (Å²) in [5.41, 5.74) is 3.17. The smallest absolute Gasteiger partial charge is 0.274 e. The van der Waals surface area contributed by atoms with E-state index in [9.17, 15) is 4.79 Å². The van der Waals surface area contributed by atoms with Gasteiger partial charge in [0.05, 0.1) is 5.69 Å². The fraction of sp³-hybridized carbons (Fsp3) is 0.105. The van der Waals surface area contributed by atoms with Gasteiger partial charge in [0.2, 0.25) is 0 Å². The number of aromatic nitrogens is 4. The minimum Gasteiger partial charge on any atom is -0.288 e. The van der Waals surface area contributed by atoms with Gasteiger partial charge >= 0.3 is 0 Å². The highest BCUT2D eigenvalue weighted by molar-refractivity contribution is 5.86. The molecule has 4 aromatic rings. The number of nitrogens with one attached hydrogen (secondary N) is 1. The molecule has 2 aromatic carbocycles. The first-order chi connectivity index (χ1) is 11.6. The number of aromatic amines is 1. The number of rotatable bonds is 2. The Kier molecular flexibility index (Phi) is 3.27. The average Bonchev–Trinajstić information content (AvgIpc) is 2.95. The zero-order valence-electron chi connectivity index (χ0n) is 13.4. The highest BCUT2D eigenvalue weighted by atomic mass is 16.1. The Morgan fingerprint density at radius 3 is 2.33 bits per heavy atom. The van der Waals surface area contributed by atoms with Crippen molar-refractivity contribution >= 4 is 10.8 Å². The number of nitrogens with zero attached hydrogens (tertiary/aromatic N) is 3. The molecule has 0 unspecified atom stereocenters. The molecule has 4 rings (SSSR count). The van der Waals surface area contributed by atoms with Crippen molar-refractivity contribution in [3.8, 4) is 17.2 Å². The van der Waals surface area contributed by atoms with Crippen LogP contribution in [0.3, 0.4) is 0 Å². The van der Waals surface area contributed by atoms with Crippen LogP contribution >= 0.6 is 0 Å². The summed E-state index contributed by atoms with van der Waals surface area (Å²) in [6, 6.07) is 17.7. The predicted octanol–water partition coefficient (Wildman–Crippen LogP) is 3.39. The molecule has 0 aliphatic carbocycles. The fourth-order valence-corrected chi connectivity index (χ4v) is 2.86. The summed E-state index contributed by atoms with van der Waals surface area (Å²) in [6.45, 7) is 3.77. The van der Waals surface area contributed by atoms with Crippen LogP contribution in [0.4, 0.5) is 0 Å². The molecular weight excluding hydrogens is 300 g/mol. The quantitative estimate of drug-likeness (QED) is 0.616. The van der Waals surface area contributed by atoms with Gasteiger partial charge in [0.25, 0.3) is 11.5 Å². The average molecular weight is 316 g/mol. The summed E-state index contributed by atoms with van der Waals surface area (Å²) in [5.74, 6) is 0.365. The van der Waals surface area contributed by atoms with E-state index in [-0.39, 0.29) is 5.56 Å². The molecule has 5 nitrogen and oxygen atoms in total. The van der Waals surface area contributed by atoms with Crippen LogP contribution in [0, 0.1) is 13.8 Å². The number of H-pyrrole nitrogens is 1. The second kappa shape index (κ2) is 5.45. The first-order valence-electron chi connectivity index (χ1n) is 7.74. The van der Waals surface area contributed by atoms with Crippen LogP contribution in [0.2, 0.25) is 0 Å². The first kappa shape index (κ1) is 14.4. The second-order valence-electron chi connectivity index (χ2n) is 5.86. The van der Waals surface area contributed by atoms with Crippen molar-refractivity contribution in [1.82, 2.24) is 19.7 Å². The van der Waals surface area contributed by atoms with E-state index >= 15 is 0 Å². The second-order valence-corrected chi connectivity index (χ2v) is 5.86. The lowest BCUT2D eigenvalue weighted by Crippen LogP contribution is -2.17. The van der Waals surface area contributed by atoms with E-state index in [1.807, 2.05) is 44.2 Å². The maximum atomic E-state index is 12.4. The highest BCUT2D eigenvalue weighted by Gasteiger charge is 2.10. The van der Waals surface area contributed by atoms with Gasteiger partial charge in [-0.3, -0.25) is 9.89 Å². The molecule has 118 valence electrons. The van der Waals surface area contributed by atoms with Crippen molar-refractivity contribution in [2.45, 2.75) is 13.8 Å². The topological polar surface area (TPSA) is 63.6 Å². The standard InChI is InChI=1S/C19H16N4O/c1-12-9-13(2)21-19(20-12)23-18(24)11-17(22-23)16-8-7-14-5-3-4-6-15(14)10-16/h3-11,22H,1-2H3. The van der Waals surface area contributed by atoms with Crippen molar-refractivity contribution in [2.75, 3.05) is 0 Å². The Hall–Kier alpha value is -3.21. The van der Waals surface area contributed by atoms with E-state index in [4.69, 9.17) is 0 Å². The van der Waals surface area contributed by atoms with E-state index < -0.39 is 0 Å². The number of hydrogen-bond donors (Lipinski definition) is 1. The Labute approximate surface area is 138 Å². The number of hydrogen-bond acceptors (Lipinski definition) is 3. The molecule has 24 heavy (non-hydrogen) atoms. The SMILES string of the molecule is Cc1cc(C)nc(-n2[nH]c(-c3ccc4ccccc4c3)cc2=O)n1. The molecule has 2 heterocycles. The third-order valence-electron chi connectivity index (χ3n) is 3.95. The fourth-order valence-electron chi connectivity index (χ4n) is 2.86. The van der Waals surface area contributed by atoms with Crippen molar-refractivity contribution < 1.29 is 0 Å². The number of benzene rings is 2. The largest absolute Gasteiger partial charge is 0.288 e. The van der Waals surface area contributed by atoms with E-state index in [0.717, 1.165) is 28.0 Å². The highest BCUT2D eigenvalue weighted by Crippen LogP contribution is 2.22. The van der Waals surface area contributed by atoms with Gasteiger partial charge in [-0.05, 0) is 36.8 Å². The van der Waals surface area contributed by atoms with Gasteiger partial charge in [-0.2, -0.15) is 4.68 Å². The Morgan fingerprint density at radius 1 is 0.875 bits per heavy atom. The Balaban J connectivity index is 1.84. The van der Waals surface area contributed by atoms with Crippen molar-refractivity contribution in [2.24, 2.45) is 0 Å². The lowest BCUT2D eigenvalue weighted by Gasteiger charge is -2.04. The summed E-state index contributed by atoms with van der Waals surface area (Å²) in [4.78, 5) is 21.0. The molecule has 0 radical (unpaired) electrons. The van der Waals surface area contributed by atoms with Gasteiger partial charge in [0.15, 0.2) is 0 Å². The summed E-state index contributed by atoms with van der Waals surface area (Å²) in [5, 5.41) is 5.41. The van der Waals surface area contributed by atoms with Crippen LogP contribution in [0.25, 0.3) is 28.0 Å². The van der Waals surface area contributed by atoms with Gasteiger partial charge in [-0.15, -0.1) is 0 Å². The van der Waals surface area contributed by atoms with Crippen molar-refractivity contribution in [3.63, 3.8) is 0 Å². The summed E-state index contributed by atoms with van der Waals surface area (Å²) in [7, 11) is 0. The molecule has 0 bridgehead atoms. The summed E-state index contributed by atoms with van der Waals surface area (Å²) in [6.07, 6.45) is 0. The summed E-state index contributed by atoms with van der Waals surface area (Å²) < 4.78 is 1.38. The Bertz CT molecular complexity index is 1090. The minimum atomic E-state index is -0.178. The van der Waals surface area contributed by atoms with Crippen LogP contribution in [-0.4, -0.2) is 19.7 Å². The van der Waals surface area contributed by atoms with Crippen molar-refractivity contribution in [1.29, 1.82) is 0 Å². The molecular formula is C19H16N4O. The Morgan fingerprint density at radius 2 is 1.58 bits per heavy atom. The third kappa shape index (κ3) is 2.50. The molecule has 0 saturated heterocycles. The van der Waals surface area contributed by atoms with Crippen LogP contribution in [-0.2, 0) is 0 Å². The lowest BCUT2D eigenvalue weighted by atomic mass is 10.1. The van der Waals surface area contributed by atoms with Crippen LogP contribution < -0.4 is 5.56 Å². The maximum absolute atomic E-state index is 12.4. The van der Waals surface area contributed by atoms with E-state index in [0.29, 0.717) is 5.95 Å². The number of fused-ring (bicyclic) bond motifs is 1. The van der Waals surface area contributed by atoms with Crippen molar-refractivity contribution in [3.05, 3.63) is 76.3 Å². The maximum Gasteiger partial charge on any atom is 0.274 e. The van der Waals surface area contributed by atoms with Crippen LogP contribution in [0.15, 0.2) is 59.4 Å². The zero-order chi connectivity index (χ0) is 16.7. The monoisotopic (exact) mass is 316 g/mol. The molecule has 1 N–H and O–H groups in total. The van der Waals surface area contributed by atoms with Gasteiger partial charge in [-0.1, -0.05) is 36.4 Å². The number of aryl methyl sites for hydroxylation is 2. The molecule has 0 saturated carbocycles. The van der Waals surface area contributed by atoms with E-state index in [1.54, 1.807) is 6.07 Å². The molecule has 0 fully saturated rings. The molecule has 0 atom stereocenters. The zero-order valence-corrected chi connectivity index (χ0v) is 13.4. The summed E-state index contributed by atoms with van der Waals surface area (Å²) >= 11 is 0. The van der Waals surface area contributed by atoms with E-state index in [2.05, 4.69) is 33.3 Å². The minimum absolute atomic E-state index is 0.178. The molecule has 5 heteroatoms. The van der Waals surface area contributed by atoms with Gasteiger partial charge in [0.1, 0.15) is 0 Å². The molecule has 0 spiro atoms. The predicted molar refractivity (Wildman–Crippen MR) is 94.4 cm³/mol. The molecule has 0 aliphatic rings. The normalized spacial score (nSPS) is 11.1. The van der Waals surface area contributed by atoms with Gasteiger partial charge in [-0.25, -0.2) is 9.97 Å². The van der Waals surface area contributed by atoms with Crippen LogP contribution in [0.1, 0.15) is 11.4 Å². The van der Waals surface area contributed by atoms with E-state index in [1.165, 1.54) is 10.1 Å². The van der Waals surface area contributed by atoms with Gasteiger partial charge < -0.3 is 0 Å². The first-order valence-corrected chi connectivity index (χ1v) is 7.74. The van der Waals surface area contributed by atoms with Crippen LogP contribution in [0.5, 0.6) is 0 Å². The molecule has 0 amide bonds. The molecule has 0 aliphatic heterocycles. The molecule has 2 aromatic heterocycles.